The van der Waals surface area contributed by atoms with E-state index in [1.807, 2.05) is 91.8 Å². The number of halogens is 1. The third-order valence-corrected chi connectivity index (χ3v) is 9.98. The zero-order chi connectivity index (χ0) is 36.1. The number of likely N-dealkylation sites (tertiary alicyclic amines) is 1. The van der Waals surface area contributed by atoms with E-state index in [9.17, 15) is 9.59 Å². The summed E-state index contributed by atoms with van der Waals surface area (Å²) in [6, 6.07) is 16.0. The van der Waals surface area contributed by atoms with Crippen LogP contribution in [0, 0.1) is 13.8 Å². The molecule has 0 spiro atoms. The van der Waals surface area contributed by atoms with Crippen LogP contribution in [0.3, 0.4) is 0 Å². The summed E-state index contributed by atoms with van der Waals surface area (Å²) in [5.41, 5.74) is 5.90. The Morgan fingerprint density at radius 1 is 0.960 bits per heavy atom. The van der Waals surface area contributed by atoms with Gasteiger partial charge in [-0.05, 0) is 116 Å². The molecule has 1 saturated heterocycles. The van der Waals surface area contributed by atoms with Crippen LogP contribution in [0.5, 0.6) is 0 Å². The number of carbonyl (C=O) groups is 2. The van der Waals surface area contributed by atoms with Crippen molar-refractivity contribution in [3.8, 4) is 21.7 Å². The molecule has 2 atom stereocenters. The van der Waals surface area contributed by atoms with E-state index < -0.39 is 23.3 Å². The molecule has 1 amide bonds. The van der Waals surface area contributed by atoms with Crippen LogP contribution in [-0.4, -0.2) is 62.4 Å². The number of hydrogen-bond donors (Lipinski definition) is 0. The largest absolute Gasteiger partial charge is 0.464 e. The lowest BCUT2D eigenvalue weighted by molar-refractivity contribution is -0.166. The summed E-state index contributed by atoms with van der Waals surface area (Å²) < 4.78 is 20.8. The molecule has 1 fully saturated rings. The highest BCUT2D eigenvalue weighted by Gasteiger charge is 2.35. The zero-order valence-electron chi connectivity index (χ0n) is 30.2. The van der Waals surface area contributed by atoms with Crippen molar-refractivity contribution in [3.05, 3.63) is 70.5 Å². The molecule has 11 heteroatoms. The number of ether oxygens (including phenoxy) is 3. The molecule has 9 nitrogen and oxygen atoms in total. The number of imidazole rings is 1. The first-order valence-corrected chi connectivity index (χ1v) is 18.2. The molecule has 264 valence electrons. The third kappa shape index (κ3) is 7.38. The Kier molecular flexibility index (Phi) is 9.76. The molecule has 0 saturated carbocycles. The molecule has 0 aliphatic carbocycles. The normalized spacial score (nSPS) is 16.0. The molecule has 0 radical (unpaired) electrons. The van der Waals surface area contributed by atoms with Gasteiger partial charge in [-0.25, -0.2) is 19.6 Å². The van der Waals surface area contributed by atoms with Gasteiger partial charge in [-0.2, -0.15) is 0 Å². The predicted octanol–water partition coefficient (Wildman–Crippen LogP) is 9.85. The Balaban J connectivity index is 1.46. The number of benzene rings is 3. The minimum atomic E-state index is -0.948. The van der Waals surface area contributed by atoms with Crippen LogP contribution in [0.1, 0.15) is 84.0 Å². The maximum Gasteiger partial charge on any atom is 0.410 e. The van der Waals surface area contributed by atoms with Crippen molar-refractivity contribution in [1.29, 1.82) is 0 Å². The van der Waals surface area contributed by atoms with Gasteiger partial charge in [-0.15, -0.1) is 11.3 Å². The van der Waals surface area contributed by atoms with Crippen LogP contribution in [0.2, 0.25) is 5.02 Å². The van der Waals surface area contributed by atoms with Crippen molar-refractivity contribution < 1.29 is 23.8 Å². The van der Waals surface area contributed by atoms with Gasteiger partial charge in [0.15, 0.2) is 6.10 Å². The Hall–Kier alpha value is -3.99. The highest BCUT2D eigenvalue weighted by molar-refractivity contribution is 7.22. The highest BCUT2D eigenvalue weighted by Crippen LogP contribution is 2.45. The summed E-state index contributed by atoms with van der Waals surface area (Å²) in [5, 5.41) is 1.46. The van der Waals surface area contributed by atoms with Gasteiger partial charge in [0.2, 0.25) is 0 Å². The number of carbonyl (C=O) groups excluding carboxylic acids is 2. The number of esters is 1. The van der Waals surface area contributed by atoms with E-state index in [-0.39, 0.29) is 18.7 Å². The number of aryl methyl sites for hydroxylation is 2. The Morgan fingerprint density at radius 2 is 1.66 bits per heavy atom. The van der Waals surface area contributed by atoms with E-state index in [0.29, 0.717) is 18.1 Å². The number of aromatic nitrogens is 3. The quantitative estimate of drug-likeness (QED) is 0.155. The fourth-order valence-electron chi connectivity index (χ4n) is 6.62. The minimum absolute atomic E-state index is 0.0717. The van der Waals surface area contributed by atoms with E-state index in [4.69, 9.17) is 35.8 Å². The van der Waals surface area contributed by atoms with E-state index in [2.05, 4.69) is 16.7 Å². The molecule has 0 N–H and O–H groups in total. The molecule has 0 bridgehead atoms. The predicted molar refractivity (Wildman–Crippen MR) is 200 cm³/mol. The maximum absolute atomic E-state index is 13.5. The molecule has 50 heavy (non-hydrogen) atoms. The van der Waals surface area contributed by atoms with Crippen molar-refractivity contribution in [2.75, 3.05) is 19.7 Å². The summed E-state index contributed by atoms with van der Waals surface area (Å²) in [5.74, 6) is 0.461. The number of rotatable bonds is 7. The smallest absolute Gasteiger partial charge is 0.410 e. The number of amides is 1. The van der Waals surface area contributed by atoms with E-state index in [1.165, 1.54) is 0 Å². The van der Waals surface area contributed by atoms with Gasteiger partial charge in [0.1, 0.15) is 16.4 Å². The second-order valence-electron chi connectivity index (χ2n) is 14.8. The first-order chi connectivity index (χ1) is 23.5. The summed E-state index contributed by atoms with van der Waals surface area (Å²) in [7, 11) is 0. The van der Waals surface area contributed by atoms with Crippen molar-refractivity contribution in [1.82, 2.24) is 19.4 Å². The number of fused-ring (bicyclic) bond motifs is 2. The van der Waals surface area contributed by atoms with Crippen molar-refractivity contribution in [3.63, 3.8) is 0 Å². The maximum atomic E-state index is 13.5. The molecular formula is C39H45ClN4O5S. The van der Waals surface area contributed by atoms with E-state index >= 15 is 0 Å². The van der Waals surface area contributed by atoms with Gasteiger partial charge in [-0.3, -0.25) is 0 Å². The van der Waals surface area contributed by atoms with Crippen LogP contribution in [-0.2, 0) is 19.0 Å². The van der Waals surface area contributed by atoms with E-state index in [0.717, 1.165) is 66.3 Å². The molecule has 6 rings (SSSR count). The molecule has 3 heterocycles. The van der Waals surface area contributed by atoms with E-state index in [1.54, 1.807) is 23.2 Å². The summed E-state index contributed by atoms with van der Waals surface area (Å²) in [4.78, 5) is 38.2. The van der Waals surface area contributed by atoms with Crippen LogP contribution in [0.25, 0.3) is 42.9 Å². The van der Waals surface area contributed by atoms with Gasteiger partial charge in [0.25, 0.3) is 0 Å². The second-order valence-corrected chi connectivity index (χ2v) is 16.3. The fraction of sp³-hybridized carbons (Fsp3) is 0.436. The standard InChI is InChI=1S/C39H45ClN4O5S/c1-10-47-36(45)33(48-38(4,5)6)31-22(2)19-29-34(32(31)24-11-14-26(40)15-12-24)50-35(42-29)25-13-16-28-30(20-25)44(23(3)41-28)27-17-18-43(21-27)37(46)49-39(7,8)9/h11-16,19-20,27,33H,10,17-18,21H2,1-9H3/t27-,33-/m0/s1. The Bertz CT molecular complexity index is 2070. The average molecular weight is 717 g/mol. The number of thiazole rings is 1. The second kappa shape index (κ2) is 13.6. The van der Waals surface area contributed by atoms with Gasteiger partial charge in [0.05, 0.1) is 39.5 Å². The molecule has 1 aliphatic rings. The molecule has 1 aliphatic heterocycles. The Morgan fingerprint density at radius 3 is 2.32 bits per heavy atom. The first kappa shape index (κ1) is 35.8. The summed E-state index contributed by atoms with van der Waals surface area (Å²) in [6.07, 6.45) is -0.431. The SMILES string of the molecule is CCOC(=O)[C@@H](OC(C)(C)C)c1c(C)cc2nc(-c3ccc4nc(C)n([C@H]5CCN(C(=O)OC(C)(C)C)C5)c4c3)sc2c1-c1ccc(Cl)cc1. The molecular weight excluding hydrogens is 672 g/mol. The topological polar surface area (TPSA) is 95.8 Å². The van der Waals surface area contributed by atoms with Crippen molar-refractivity contribution in [2.45, 2.75) is 92.1 Å². The van der Waals surface area contributed by atoms with Gasteiger partial charge in [0, 0.05) is 34.8 Å². The lowest BCUT2D eigenvalue weighted by Crippen LogP contribution is -2.35. The van der Waals surface area contributed by atoms with Crippen LogP contribution in [0.4, 0.5) is 4.79 Å². The third-order valence-electron chi connectivity index (χ3n) is 8.59. The van der Waals surface area contributed by atoms with Crippen molar-refractivity contribution >= 4 is 56.3 Å². The highest BCUT2D eigenvalue weighted by atomic mass is 35.5. The minimum Gasteiger partial charge on any atom is -0.464 e. The monoisotopic (exact) mass is 716 g/mol. The summed E-state index contributed by atoms with van der Waals surface area (Å²) >= 11 is 7.90. The molecule has 3 aromatic carbocycles. The van der Waals surface area contributed by atoms with Gasteiger partial charge < -0.3 is 23.7 Å². The number of nitrogens with zero attached hydrogens (tertiary/aromatic N) is 4. The Labute approximate surface area is 302 Å². The lowest BCUT2D eigenvalue weighted by atomic mass is 9.91. The lowest BCUT2D eigenvalue weighted by Gasteiger charge is -2.29. The first-order valence-electron chi connectivity index (χ1n) is 17.0. The summed E-state index contributed by atoms with van der Waals surface area (Å²) in [6.45, 7) is 18.7. The van der Waals surface area contributed by atoms with Crippen LogP contribution >= 0.6 is 22.9 Å². The molecule has 2 aromatic heterocycles. The fourth-order valence-corrected chi connectivity index (χ4v) is 7.87. The molecule has 5 aromatic rings. The van der Waals surface area contributed by atoms with Crippen LogP contribution < -0.4 is 0 Å². The molecule has 0 unspecified atom stereocenters. The van der Waals surface area contributed by atoms with Gasteiger partial charge in [-0.1, -0.05) is 23.7 Å². The van der Waals surface area contributed by atoms with Crippen LogP contribution in [0.15, 0.2) is 48.5 Å². The number of hydrogen-bond acceptors (Lipinski definition) is 8. The van der Waals surface area contributed by atoms with Crippen molar-refractivity contribution in [2.24, 2.45) is 0 Å². The van der Waals surface area contributed by atoms with Gasteiger partial charge >= 0.3 is 12.1 Å². The average Bonchev–Trinajstić information content (AvgIpc) is 3.75. The zero-order valence-corrected chi connectivity index (χ0v) is 31.8.